The number of halogens is 2. The highest BCUT2D eigenvalue weighted by molar-refractivity contribution is 6.31. The fourth-order valence-electron chi connectivity index (χ4n) is 2.17. The third-order valence-electron chi connectivity index (χ3n) is 3.16. The van der Waals surface area contributed by atoms with Crippen LogP contribution in [0.5, 0.6) is 0 Å². The Morgan fingerprint density at radius 3 is 2.91 bits per heavy atom. The van der Waals surface area contributed by atoms with Crippen LogP contribution in [0.15, 0.2) is 18.2 Å². The number of hydrogen-bond donors (Lipinski definition) is 2. The number of rotatable bonds is 5. The summed E-state index contributed by atoms with van der Waals surface area (Å²) in [6, 6.07) is 3.00. The van der Waals surface area contributed by atoms with Gasteiger partial charge in [0, 0.05) is 17.2 Å². The summed E-state index contributed by atoms with van der Waals surface area (Å²) in [7, 11) is 0. The molecule has 0 unspecified atom stereocenters. The fraction of sp³-hybridized carbons (Fsp3) is 0.429. The minimum absolute atomic E-state index is 0.0764. The van der Waals surface area contributed by atoms with Gasteiger partial charge >= 0.3 is 5.97 Å². The summed E-state index contributed by atoms with van der Waals surface area (Å²) in [4.78, 5) is 22.7. The van der Waals surface area contributed by atoms with Crippen molar-refractivity contribution >= 4 is 23.5 Å². The molecule has 0 aliphatic carbocycles. The molecule has 2 rings (SSSR count). The molecule has 6 nitrogen and oxygen atoms in total. The normalized spacial score (nSPS) is 21.4. The van der Waals surface area contributed by atoms with Crippen molar-refractivity contribution < 1.29 is 28.6 Å². The molecule has 22 heavy (non-hydrogen) atoms. The Morgan fingerprint density at radius 2 is 2.23 bits per heavy atom. The van der Waals surface area contributed by atoms with Crippen LogP contribution in [0.4, 0.5) is 4.39 Å². The number of carboxylic acids is 1. The first-order valence-corrected chi connectivity index (χ1v) is 7.01. The van der Waals surface area contributed by atoms with Gasteiger partial charge in [0.1, 0.15) is 12.4 Å². The number of carboxylic acid groups (broad SMARTS) is 1. The third-order valence-corrected chi connectivity index (χ3v) is 3.37. The van der Waals surface area contributed by atoms with Crippen LogP contribution >= 0.6 is 11.6 Å². The molecule has 0 spiro atoms. The summed E-state index contributed by atoms with van der Waals surface area (Å²) >= 11 is 5.72. The molecule has 1 aliphatic heterocycles. The molecule has 1 amide bonds. The van der Waals surface area contributed by atoms with Gasteiger partial charge in [-0.05, 0) is 24.6 Å². The van der Waals surface area contributed by atoms with Crippen molar-refractivity contribution in [3.63, 3.8) is 0 Å². The second kappa shape index (κ2) is 7.53. The predicted octanol–water partition coefficient (Wildman–Crippen LogP) is 1.47. The first kappa shape index (κ1) is 16.7. The zero-order valence-electron chi connectivity index (χ0n) is 11.6. The van der Waals surface area contributed by atoms with Gasteiger partial charge in [0.15, 0.2) is 0 Å². The topological polar surface area (TPSA) is 84.9 Å². The van der Waals surface area contributed by atoms with Crippen LogP contribution in [0.1, 0.15) is 16.8 Å². The molecule has 1 saturated heterocycles. The number of benzene rings is 1. The molecular formula is C14H15ClFNO5. The summed E-state index contributed by atoms with van der Waals surface area (Å²) < 4.78 is 23.8. The standard InChI is InChI=1S/C14H15ClFNO5/c15-9-3-8(4-10(16)5-9)14(20)17-11-6-21-2-1-12(11)22-7-13(18)19/h3-5,11-12H,1-2,6-7H2,(H,17,20)(H,18,19)/t11-,12+/m0/s1. The number of ether oxygens (including phenoxy) is 2. The maximum absolute atomic E-state index is 13.3. The van der Waals surface area contributed by atoms with Crippen LogP contribution < -0.4 is 5.32 Å². The van der Waals surface area contributed by atoms with E-state index in [0.29, 0.717) is 13.0 Å². The molecule has 2 atom stereocenters. The summed E-state index contributed by atoms with van der Waals surface area (Å²) in [5.41, 5.74) is 0.0764. The van der Waals surface area contributed by atoms with Gasteiger partial charge in [0.2, 0.25) is 0 Å². The molecule has 0 radical (unpaired) electrons. The van der Waals surface area contributed by atoms with Gasteiger partial charge in [-0.25, -0.2) is 9.18 Å². The van der Waals surface area contributed by atoms with Crippen LogP contribution in [-0.4, -0.2) is 48.9 Å². The lowest BCUT2D eigenvalue weighted by molar-refractivity contribution is -0.147. The van der Waals surface area contributed by atoms with Crippen molar-refractivity contribution in [1.29, 1.82) is 0 Å². The van der Waals surface area contributed by atoms with Crippen LogP contribution in [0.3, 0.4) is 0 Å². The van der Waals surface area contributed by atoms with Gasteiger partial charge in [0.25, 0.3) is 5.91 Å². The van der Waals surface area contributed by atoms with E-state index < -0.39 is 36.4 Å². The highest BCUT2D eigenvalue weighted by Gasteiger charge is 2.29. The Labute approximate surface area is 131 Å². The Bertz CT molecular complexity index is 548. The first-order valence-electron chi connectivity index (χ1n) is 6.64. The van der Waals surface area contributed by atoms with Crippen molar-refractivity contribution in [2.75, 3.05) is 19.8 Å². The summed E-state index contributed by atoms with van der Waals surface area (Å²) in [6.45, 7) is 0.157. The van der Waals surface area contributed by atoms with Gasteiger partial charge in [0.05, 0.1) is 18.8 Å². The third kappa shape index (κ3) is 4.66. The zero-order chi connectivity index (χ0) is 16.1. The first-order chi connectivity index (χ1) is 10.5. The van der Waals surface area contributed by atoms with Crippen molar-refractivity contribution in [2.24, 2.45) is 0 Å². The molecule has 1 aromatic carbocycles. The average molecular weight is 332 g/mol. The predicted molar refractivity (Wildman–Crippen MR) is 75.5 cm³/mol. The van der Waals surface area contributed by atoms with E-state index >= 15 is 0 Å². The van der Waals surface area contributed by atoms with Crippen molar-refractivity contribution in [1.82, 2.24) is 5.32 Å². The molecule has 0 bridgehead atoms. The van der Waals surface area contributed by atoms with Gasteiger partial charge in [-0.3, -0.25) is 4.79 Å². The van der Waals surface area contributed by atoms with E-state index in [-0.39, 0.29) is 17.2 Å². The van der Waals surface area contributed by atoms with E-state index in [1.807, 2.05) is 0 Å². The average Bonchev–Trinajstić information content (AvgIpc) is 2.45. The van der Waals surface area contributed by atoms with E-state index in [4.69, 9.17) is 26.2 Å². The lowest BCUT2D eigenvalue weighted by Crippen LogP contribution is -2.51. The van der Waals surface area contributed by atoms with E-state index in [2.05, 4.69) is 5.32 Å². The quantitative estimate of drug-likeness (QED) is 0.853. The minimum atomic E-state index is -1.09. The van der Waals surface area contributed by atoms with Crippen LogP contribution in [0.2, 0.25) is 5.02 Å². The van der Waals surface area contributed by atoms with E-state index in [0.717, 1.165) is 12.1 Å². The lowest BCUT2D eigenvalue weighted by atomic mass is 10.1. The maximum Gasteiger partial charge on any atom is 0.329 e. The second-order valence-electron chi connectivity index (χ2n) is 4.84. The number of amides is 1. The van der Waals surface area contributed by atoms with Crippen molar-refractivity contribution in [2.45, 2.75) is 18.6 Å². The fourth-order valence-corrected chi connectivity index (χ4v) is 2.39. The summed E-state index contributed by atoms with van der Waals surface area (Å²) in [5.74, 6) is -2.23. The van der Waals surface area contributed by atoms with Gasteiger partial charge in [-0.1, -0.05) is 11.6 Å². The molecule has 120 valence electrons. The van der Waals surface area contributed by atoms with E-state index in [1.165, 1.54) is 6.07 Å². The van der Waals surface area contributed by atoms with E-state index in [9.17, 15) is 14.0 Å². The monoisotopic (exact) mass is 331 g/mol. The Hall–Kier alpha value is -1.70. The summed E-state index contributed by atoms with van der Waals surface area (Å²) in [6.07, 6.45) is -0.0138. The molecule has 8 heteroatoms. The van der Waals surface area contributed by atoms with Gasteiger partial charge < -0.3 is 19.9 Å². The molecule has 1 aliphatic rings. The van der Waals surface area contributed by atoms with Crippen LogP contribution in [0, 0.1) is 5.82 Å². The zero-order valence-corrected chi connectivity index (χ0v) is 12.3. The largest absolute Gasteiger partial charge is 0.480 e. The lowest BCUT2D eigenvalue weighted by Gasteiger charge is -2.31. The Balaban J connectivity index is 2.02. The smallest absolute Gasteiger partial charge is 0.329 e. The van der Waals surface area contributed by atoms with Gasteiger partial charge in [-0.2, -0.15) is 0 Å². The van der Waals surface area contributed by atoms with Crippen molar-refractivity contribution in [3.8, 4) is 0 Å². The highest BCUT2D eigenvalue weighted by Crippen LogP contribution is 2.16. The molecular weight excluding hydrogens is 317 g/mol. The molecule has 2 N–H and O–H groups in total. The van der Waals surface area contributed by atoms with E-state index in [1.54, 1.807) is 0 Å². The molecule has 1 heterocycles. The number of carbonyl (C=O) groups is 2. The highest BCUT2D eigenvalue weighted by atomic mass is 35.5. The Kier molecular flexibility index (Phi) is 5.70. The number of nitrogens with one attached hydrogen (secondary N) is 1. The number of carbonyl (C=O) groups excluding carboxylic acids is 1. The number of aliphatic carboxylic acids is 1. The van der Waals surface area contributed by atoms with Crippen LogP contribution in [-0.2, 0) is 14.3 Å². The molecule has 0 aromatic heterocycles. The number of hydrogen-bond acceptors (Lipinski definition) is 4. The SMILES string of the molecule is O=C(O)CO[C@@H]1CCOC[C@@H]1NC(=O)c1cc(F)cc(Cl)c1. The van der Waals surface area contributed by atoms with Gasteiger partial charge in [-0.15, -0.1) is 0 Å². The second-order valence-corrected chi connectivity index (χ2v) is 5.28. The maximum atomic E-state index is 13.3. The Morgan fingerprint density at radius 1 is 1.45 bits per heavy atom. The molecule has 0 saturated carbocycles. The van der Waals surface area contributed by atoms with Crippen LogP contribution in [0.25, 0.3) is 0 Å². The minimum Gasteiger partial charge on any atom is -0.480 e. The molecule has 1 aromatic rings. The molecule has 1 fully saturated rings. The van der Waals surface area contributed by atoms with Crippen molar-refractivity contribution in [3.05, 3.63) is 34.6 Å². The summed E-state index contributed by atoms with van der Waals surface area (Å²) in [5, 5.41) is 11.4.